The minimum absolute atomic E-state index is 0.156. The van der Waals surface area contributed by atoms with Crippen LogP contribution in [0.4, 0.5) is 10.5 Å². The highest BCUT2D eigenvalue weighted by molar-refractivity contribution is 6.42. The second kappa shape index (κ2) is 10.5. The molecule has 0 radical (unpaired) electrons. The van der Waals surface area contributed by atoms with Crippen LogP contribution in [0.25, 0.3) is 0 Å². The first-order valence-electron chi connectivity index (χ1n) is 9.81. The van der Waals surface area contributed by atoms with Gasteiger partial charge in [0.15, 0.2) is 6.17 Å². The predicted octanol–water partition coefficient (Wildman–Crippen LogP) is 2.39. The first-order valence-corrected chi connectivity index (χ1v) is 10.6. The number of nitrogens with zero attached hydrogens (tertiary/aromatic N) is 2. The molecule has 2 aromatic rings. The predicted molar refractivity (Wildman–Crippen MR) is 122 cm³/mol. The van der Waals surface area contributed by atoms with E-state index in [0.717, 1.165) is 0 Å². The summed E-state index contributed by atoms with van der Waals surface area (Å²) in [4.78, 5) is 41.7. The molecule has 32 heavy (non-hydrogen) atoms. The minimum Gasteiger partial charge on any atom is -0.497 e. The summed E-state index contributed by atoms with van der Waals surface area (Å²) in [5, 5.41) is 5.92. The van der Waals surface area contributed by atoms with Crippen LogP contribution in [0.1, 0.15) is 10.4 Å². The summed E-state index contributed by atoms with van der Waals surface area (Å²) in [7, 11) is 1.52. The summed E-state index contributed by atoms with van der Waals surface area (Å²) in [6.45, 7) is 0.736. The van der Waals surface area contributed by atoms with Crippen molar-refractivity contribution in [3.63, 3.8) is 0 Å². The van der Waals surface area contributed by atoms with Crippen molar-refractivity contribution in [3.05, 3.63) is 58.1 Å². The number of rotatable bonds is 6. The molecule has 2 aromatic carbocycles. The molecule has 1 aliphatic rings. The zero-order valence-electron chi connectivity index (χ0n) is 17.3. The van der Waals surface area contributed by atoms with Gasteiger partial charge < -0.3 is 26.0 Å². The number of benzene rings is 2. The number of amides is 4. The number of carbonyl (C=O) groups is 3. The molecule has 1 atom stereocenters. The fourth-order valence-corrected chi connectivity index (χ4v) is 3.61. The smallest absolute Gasteiger partial charge is 0.323 e. The average molecular weight is 480 g/mol. The molecular weight excluding hydrogens is 457 g/mol. The summed E-state index contributed by atoms with van der Waals surface area (Å²) in [5.74, 6) is -0.395. The number of methoxy groups -OCH3 is 1. The third kappa shape index (κ3) is 5.24. The van der Waals surface area contributed by atoms with E-state index in [1.165, 1.54) is 35.1 Å². The lowest BCUT2D eigenvalue weighted by Gasteiger charge is -2.29. The third-order valence-corrected chi connectivity index (χ3v) is 5.60. The number of ether oxygens (including phenoxy) is 1. The van der Waals surface area contributed by atoms with E-state index in [9.17, 15) is 14.4 Å². The minimum atomic E-state index is -1.16. The number of anilines is 1. The molecule has 170 valence electrons. The average Bonchev–Trinajstić information content (AvgIpc) is 3.24. The Morgan fingerprint density at radius 3 is 2.53 bits per heavy atom. The van der Waals surface area contributed by atoms with Gasteiger partial charge in [-0.25, -0.2) is 4.79 Å². The molecule has 0 aromatic heterocycles. The largest absolute Gasteiger partial charge is 0.497 e. The standard InChI is InChI=1S/C21H23Cl2N5O4/c1-32-15-4-2-3-14(12-15)26-21(31)28-10-9-27(19(28)18(29)25-8-7-24)20(30)13-5-6-16(22)17(23)11-13/h2-6,11-12,19H,7-10,24H2,1H3,(H,25,29)(H,26,31). The fraction of sp³-hybridized carbons (Fsp3) is 0.286. The lowest BCUT2D eigenvalue weighted by molar-refractivity contribution is -0.127. The van der Waals surface area contributed by atoms with Crippen molar-refractivity contribution in [3.8, 4) is 5.75 Å². The van der Waals surface area contributed by atoms with Crippen LogP contribution >= 0.6 is 23.2 Å². The molecule has 4 N–H and O–H groups in total. The van der Waals surface area contributed by atoms with Gasteiger partial charge in [0.1, 0.15) is 5.75 Å². The summed E-state index contributed by atoms with van der Waals surface area (Å²) in [6.07, 6.45) is -1.16. The number of carbonyl (C=O) groups excluding carboxylic acids is 3. The monoisotopic (exact) mass is 479 g/mol. The van der Waals surface area contributed by atoms with Gasteiger partial charge in [0.2, 0.25) is 0 Å². The van der Waals surface area contributed by atoms with Crippen LogP contribution in [-0.4, -0.2) is 67.1 Å². The Bertz CT molecular complexity index is 1020. The second-order valence-electron chi connectivity index (χ2n) is 6.94. The summed E-state index contributed by atoms with van der Waals surface area (Å²) >= 11 is 12.0. The molecule has 3 rings (SSSR count). The highest BCUT2D eigenvalue weighted by atomic mass is 35.5. The van der Waals surface area contributed by atoms with E-state index in [0.29, 0.717) is 16.5 Å². The van der Waals surface area contributed by atoms with Gasteiger partial charge in [-0.05, 0) is 30.3 Å². The maximum atomic E-state index is 13.2. The molecule has 4 amide bonds. The van der Waals surface area contributed by atoms with Gasteiger partial charge in [-0.2, -0.15) is 0 Å². The van der Waals surface area contributed by atoms with Gasteiger partial charge in [-0.3, -0.25) is 14.5 Å². The van der Waals surface area contributed by atoms with E-state index in [1.54, 1.807) is 24.3 Å². The maximum absolute atomic E-state index is 13.2. The molecule has 1 heterocycles. The highest BCUT2D eigenvalue weighted by Gasteiger charge is 2.43. The molecular formula is C21H23Cl2N5O4. The number of nitrogens with two attached hydrogens (primary N) is 1. The SMILES string of the molecule is COc1cccc(NC(=O)N2CCN(C(=O)c3ccc(Cl)c(Cl)c3)C2C(=O)NCCN)c1. The molecule has 11 heteroatoms. The fourth-order valence-electron chi connectivity index (χ4n) is 3.31. The van der Waals surface area contributed by atoms with Crippen molar-refractivity contribution in [2.24, 2.45) is 5.73 Å². The topological polar surface area (TPSA) is 117 Å². The van der Waals surface area contributed by atoms with E-state index in [4.69, 9.17) is 33.7 Å². The summed E-state index contributed by atoms with van der Waals surface area (Å²) < 4.78 is 5.17. The highest BCUT2D eigenvalue weighted by Crippen LogP contribution is 2.26. The van der Waals surface area contributed by atoms with E-state index in [1.807, 2.05) is 0 Å². The lowest BCUT2D eigenvalue weighted by atomic mass is 10.2. The molecule has 1 unspecified atom stereocenters. The molecule has 0 saturated carbocycles. The number of urea groups is 1. The quantitative estimate of drug-likeness (QED) is 0.587. The molecule has 1 aliphatic heterocycles. The van der Waals surface area contributed by atoms with Crippen molar-refractivity contribution >= 4 is 46.7 Å². The number of nitrogens with one attached hydrogen (secondary N) is 2. The first-order chi connectivity index (χ1) is 15.3. The van der Waals surface area contributed by atoms with Crippen LogP contribution in [0.3, 0.4) is 0 Å². The van der Waals surface area contributed by atoms with Crippen molar-refractivity contribution in [1.29, 1.82) is 0 Å². The van der Waals surface area contributed by atoms with Gasteiger partial charge in [-0.15, -0.1) is 0 Å². The van der Waals surface area contributed by atoms with Gasteiger partial charge in [-0.1, -0.05) is 29.3 Å². The van der Waals surface area contributed by atoms with Crippen molar-refractivity contribution in [2.45, 2.75) is 6.17 Å². The van der Waals surface area contributed by atoms with E-state index in [-0.39, 0.29) is 36.8 Å². The molecule has 0 bridgehead atoms. The van der Waals surface area contributed by atoms with Crippen molar-refractivity contribution < 1.29 is 19.1 Å². The van der Waals surface area contributed by atoms with Crippen LogP contribution in [0, 0.1) is 0 Å². The van der Waals surface area contributed by atoms with Crippen molar-refractivity contribution in [2.75, 3.05) is 38.6 Å². The lowest BCUT2D eigenvalue weighted by Crippen LogP contribution is -2.55. The van der Waals surface area contributed by atoms with E-state index in [2.05, 4.69) is 10.6 Å². The molecule has 9 nitrogen and oxygen atoms in total. The molecule has 0 spiro atoms. The molecule has 1 saturated heterocycles. The van der Waals surface area contributed by atoms with E-state index >= 15 is 0 Å². The number of halogens is 2. The Labute approximate surface area is 195 Å². The Morgan fingerprint density at radius 2 is 1.84 bits per heavy atom. The van der Waals surface area contributed by atoms with Crippen molar-refractivity contribution in [1.82, 2.24) is 15.1 Å². The van der Waals surface area contributed by atoms with Gasteiger partial charge in [0.25, 0.3) is 11.8 Å². The van der Waals surface area contributed by atoms with Crippen LogP contribution in [-0.2, 0) is 4.79 Å². The normalized spacial score (nSPS) is 15.4. The number of hydrogen-bond donors (Lipinski definition) is 3. The van der Waals surface area contributed by atoms with Gasteiger partial charge in [0.05, 0.1) is 17.2 Å². The Morgan fingerprint density at radius 1 is 1.09 bits per heavy atom. The summed E-state index contributed by atoms with van der Waals surface area (Å²) in [6, 6.07) is 10.7. The van der Waals surface area contributed by atoms with E-state index < -0.39 is 24.0 Å². The van der Waals surface area contributed by atoms with Crippen LogP contribution < -0.4 is 21.1 Å². The number of hydrogen-bond acceptors (Lipinski definition) is 5. The first kappa shape index (κ1) is 23.6. The Hall–Kier alpha value is -3.01. The molecule has 1 fully saturated rings. The second-order valence-corrected chi connectivity index (χ2v) is 7.75. The Kier molecular flexibility index (Phi) is 7.79. The third-order valence-electron chi connectivity index (χ3n) is 4.86. The zero-order valence-corrected chi connectivity index (χ0v) is 18.8. The van der Waals surface area contributed by atoms with Gasteiger partial charge in [0, 0.05) is 43.5 Å². The summed E-state index contributed by atoms with van der Waals surface area (Å²) in [5.41, 5.74) is 6.23. The van der Waals surface area contributed by atoms with Crippen LogP contribution in [0.15, 0.2) is 42.5 Å². The zero-order chi connectivity index (χ0) is 23.3. The van der Waals surface area contributed by atoms with Crippen LogP contribution in [0.2, 0.25) is 10.0 Å². The van der Waals surface area contributed by atoms with Crippen LogP contribution in [0.5, 0.6) is 5.75 Å². The maximum Gasteiger partial charge on any atom is 0.323 e. The Balaban J connectivity index is 1.85. The molecule has 0 aliphatic carbocycles. The van der Waals surface area contributed by atoms with Gasteiger partial charge >= 0.3 is 6.03 Å².